The molecule has 0 atom stereocenters. The molecule has 1 aliphatic carbocycles. The van der Waals surface area contributed by atoms with Gasteiger partial charge in [-0.05, 0) is 31.4 Å². The van der Waals surface area contributed by atoms with Crippen LogP contribution in [0.3, 0.4) is 0 Å². The van der Waals surface area contributed by atoms with Gasteiger partial charge in [0.05, 0.1) is 9.94 Å². The first kappa shape index (κ1) is 7.59. The van der Waals surface area contributed by atoms with Crippen LogP contribution < -0.4 is 0 Å². The summed E-state index contributed by atoms with van der Waals surface area (Å²) in [6, 6.07) is 3.77. The lowest BCUT2D eigenvalue weighted by atomic mass is 9.79. The zero-order chi connectivity index (χ0) is 7.90. The van der Waals surface area contributed by atoms with Gasteiger partial charge in [0.1, 0.15) is 0 Å². The molecule has 1 nitrogen and oxygen atoms in total. The van der Waals surface area contributed by atoms with E-state index in [1.165, 1.54) is 11.3 Å². The van der Waals surface area contributed by atoms with E-state index in [1.807, 2.05) is 12.1 Å². The Bertz CT molecular complexity index is 265. The minimum absolute atomic E-state index is 0.530. The van der Waals surface area contributed by atoms with E-state index in [-0.39, 0.29) is 0 Å². The van der Waals surface area contributed by atoms with E-state index >= 15 is 0 Å². The lowest BCUT2D eigenvalue weighted by Gasteiger charge is -2.35. The number of halogens is 1. The molecule has 11 heavy (non-hydrogen) atoms. The van der Waals surface area contributed by atoms with Gasteiger partial charge >= 0.3 is 0 Å². The molecule has 0 unspecified atom stereocenters. The molecule has 0 radical (unpaired) electrons. The fraction of sp³-hybridized carbons (Fsp3) is 0.500. The Labute approximate surface area is 74.6 Å². The summed E-state index contributed by atoms with van der Waals surface area (Å²) in [5, 5.41) is 9.85. The summed E-state index contributed by atoms with van der Waals surface area (Å²) < 4.78 is 0.764. The van der Waals surface area contributed by atoms with Crippen LogP contribution in [0.25, 0.3) is 0 Å². The lowest BCUT2D eigenvalue weighted by Crippen LogP contribution is -2.32. The van der Waals surface area contributed by atoms with Crippen LogP contribution in [0.1, 0.15) is 24.1 Å². The fourth-order valence-corrected chi connectivity index (χ4v) is 2.51. The lowest BCUT2D eigenvalue weighted by molar-refractivity contribution is -0.0354. The van der Waals surface area contributed by atoms with Crippen molar-refractivity contribution in [2.24, 2.45) is 0 Å². The summed E-state index contributed by atoms with van der Waals surface area (Å²) in [6.07, 6.45) is 2.92. The number of hydrogen-bond donors (Lipinski definition) is 1. The summed E-state index contributed by atoms with van der Waals surface area (Å²) in [5.41, 5.74) is -0.530. The van der Waals surface area contributed by atoms with Crippen molar-refractivity contribution >= 4 is 22.9 Å². The molecule has 3 heteroatoms. The first-order valence-corrected chi connectivity index (χ1v) is 4.88. The van der Waals surface area contributed by atoms with Gasteiger partial charge in [-0.2, -0.15) is 0 Å². The third-order valence-corrected chi connectivity index (χ3v) is 3.64. The van der Waals surface area contributed by atoms with E-state index in [4.69, 9.17) is 11.6 Å². The second-order valence-electron chi connectivity index (χ2n) is 2.99. The van der Waals surface area contributed by atoms with Crippen LogP contribution in [0.15, 0.2) is 12.1 Å². The Morgan fingerprint density at radius 2 is 2.18 bits per heavy atom. The largest absolute Gasteiger partial charge is 0.384 e. The van der Waals surface area contributed by atoms with Crippen LogP contribution >= 0.6 is 22.9 Å². The van der Waals surface area contributed by atoms with Crippen molar-refractivity contribution in [2.75, 3.05) is 0 Å². The molecular weight excluding hydrogens is 180 g/mol. The van der Waals surface area contributed by atoms with Gasteiger partial charge in [0.15, 0.2) is 0 Å². The first-order valence-electron chi connectivity index (χ1n) is 3.69. The molecule has 1 heterocycles. The van der Waals surface area contributed by atoms with Crippen LogP contribution in [0, 0.1) is 0 Å². The van der Waals surface area contributed by atoms with E-state index < -0.39 is 5.60 Å². The summed E-state index contributed by atoms with van der Waals surface area (Å²) in [5.74, 6) is 0. The van der Waals surface area contributed by atoms with Gasteiger partial charge < -0.3 is 5.11 Å². The summed E-state index contributed by atoms with van der Waals surface area (Å²) in [4.78, 5) is 1.02. The van der Waals surface area contributed by atoms with E-state index in [9.17, 15) is 5.11 Å². The van der Waals surface area contributed by atoms with Gasteiger partial charge in [0, 0.05) is 4.88 Å². The maximum Gasteiger partial charge on any atom is 0.0988 e. The molecule has 0 saturated heterocycles. The van der Waals surface area contributed by atoms with Crippen molar-refractivity contribution in [3.05, 3.63) is 21.3 Å². The molecule has 60 valence electrons. The van der Waals surface area contributed by atoms with Gasteiger partial charge in [0.2, 0.25) is 0 Å². The van der Waals surface area contributed by atoms with Gasteiger partial charge in [-0.1, -0.05) is 11.6 Å². The zero-order valence-electron chi connectivity index (χ0n) is 6.01. The van der Waals surface area contributed by atoms with Gasteiger partial charge in [-0.15, -0.1) is 11.3 Å². The molecule has 1 saturated carbocycles. The second kappa shape index (κ2) is 2.47. The highest BCUT2D eigenvalue weighted by Gasteiger charge is 2.37. The van der Waals surface area contributed by atoms with Crippen molar-refractivity contribution in [1.82, 2.24) is 0 Å². The van der Waals surface area contributed by atoms with Crippen LogP contribution in [-0.2, 0) is 5.60 Å². The van der Waals surface area contributed by atoms with Crippen LogP contribution in [-0.4, -0.2) is 5.11 Å². The quantitative estimate of drug-likeness (QED) is 0.719. The minimum Gasteiger partial charge on any atom is -0.384 e. The molecule has 2 rings (SSSR count). The Hall–Kier alpha value is -0.0500. The Morgan fingerprint density at radius 3 is 2.55 bits per heavy atom. The molecule has 0 aromatic carbocycles. The topological polar surface area (TPSA) is 20.2 Å². The summed E-state index contributed by atoms with van der Waals surface area (Å²) >= 11 is 7.24. The van der Waals surface area contributed by atoms with Crippen LogP contribution in [0.4, 0.5) is 0 Å². The molecule has 0 amide bonds. The van der Waals surface area contributed by atoms with Crippen LogP contribution in [0.2, 0.25) is 4.34 Å². The molecule has 0 aliphatic heterocycles. The zero-order valence-corrected chi connectivity index (χ0v) is 7.58. The maximum atomic E-state index is 9.85. The third kappa shape index (κ3) is 1.19. The maximum absolute atomic E-state index is 9.85. The standard InChI is InChI=1S/C8H9ClOS/c9-7-3-2-6(11-7)8(10)4-1-5-8/h2-3,10H,1,4-5H2. The third-order valence-electron chi connectivity index (χ3n) is 2.21. The van der Waals surface area contributed by atoms with Gasteiger partial charge in [0.25, 0.3) is 0 Å². The Kier molecular flexibility index (Phi) is 1.71. The van der Waals surface area contributed by atoms with E-state index in [0.717, 1.165) is 28.5 Å². The predicted molar refractivity (Wildman–Crippen MR) is 47.1 cm³/mol. The monoisotopic (exact) mass is 188 g/mol. The van der Waals surface area contributed by atoms with Gasteiger partial charge in [-0.3, -0.25) is 0 Å². The number of aliphatic hydroxyl groups is 1. The van der Waals surface area contributed by atoms with Crippen molar-refractivity contribution < 1.29 is 5.11 Å². The molecule has 1 fully saturated rings. The fourth-order valence-electron chi connectivity index (χ4n) is 1.32. The Balaban J connectivity index is 2.28. The van der Waals surface area contributed by atoms with Crippen molar-refractivity contribution in [2.45, 2.75) is 24.9 Å². The highest BCUT2D eigenvalue weighted by Crippen LogP contribution is 2.44. The first-order chi connectivity index (χ1) is 5.21. The normalized spacial score (nSPS) is 21.3. The van der Waals surface area contributed by atoms with E-state index in [1.54, 1.807) is 0 Å². The average Bonchev–Trinajstić information content (AvgIpc) is 2.31. The number of rotatable bonds is 1. The number of hydrogen-bond acceptors (Lipinski definition) is 2. The molecule has 1 aliphatic rings. The molecule has 1 aromatic rings. The highest BCUT2D eigenvalue weighted by atomic mass is 35.5. The van der Waals surface area contributed by atoms with Crippen molar-refractivity contribution in [3.63, 3.8) is 0 Å². The summed E-state index contributed by atoms with van der Waals surface area (Å²) in [7, 11) is 0. The average molecular weight is 189 g/mol. The Morgan fingerprint density at radius 1 is 1.45 bits per heavy atom. The minimum atomic E-state index is -0.530. The van der Waals surface area contributed by atoms with E-state index in [0.29, 0.717) is 0 Å². The molecule has 0 bridgehead atoms. The number of thiophene rings is 1. The molecular formula is C8H9ClOS. The predicted octanol–water partition coefficient (Wildman–Crippen LogP) is 2.77. The van der Waals surface area contributed by atoms with Gasteiger partial charge in [-0.25, -0.2) is 0 Å². The van der Waals surface area contributed by atoms with E-state index in [2.05, 4.69) is 0 Å². The molecule has 1 aromatic heterocycles. The van der Waals surface area contributed by atoms with Crippen LogP contribution in [0.5, 0.6) is 0 Å². The summed E-state index contributed by atoms with van der Waals surface area (Å²) in [6.45, 7) is 0. The molecule has 0 spiro atoms. The highest BCUT2D eigenvalue weighted by molar-refractivity contribution is 7.16. The SMILES string of the molecule is OC1(c2ccc(Cl)s2)CCC1. The van der Waals surface area contributed by atoms with Crippen molar-refractivity contribution in [3.8, 4) is 0 Å². The van der Waals surface area contributed by atoms with Crippen molar-refractivity contribution in [1.29, 1.82) is 0 Å². The molecule has 1 N–H and O–H groups in total. The smallest absolute Gasteiger partial charge is 0.0988 e. The second-order valence-corrected chi connectivity index (χ2v) is 4.70.